The number of halogens is 10. The number of alkyl halides is 8. The highest BCUT2D eigenvalue weighted by Gasteiger charge is 2.52. The van der Waals surface area contributed by atoms with Crippen molar-refractivity contribution in [3.8, 4) is 0 Å². The third-order valence-corrected chi connectivity index (χ3v) is 5.68. The molecule has 0 radical (unpaired) electrons. The Morgan fingerprint density at radius 2 is 1.79 bits per heavy atom. The third kappa shape index (κ3) is 6.14. The Labute approximate surface area is 212 Å². The number of rotatable bonds is 6. The molecule has 0 fully saturated rings. The maximum atomic E-state index is 14.7. The molecule has 0 saturated heterocycles. The van der Waals surface area contributed by atoms with Crippen molar-refractivity contribution in [2.75, 3.05) is 6.54 Å². The summed E-state index contributed by atoms with van der Waals surface area (Å²) in [6.45, 7) is 0.374. The molecule has 2 aromatic rings. The van der Waals surface area contributed by atoms with Gasteiger partial charge in [0.2, 0.25) is 11.5 Å². The SMILES string of the molecule is Cc1cc(C2=NOC(c3cc(C(F)(F)F)cc(Cl)c3F)(C(F)F)C2)ccc1C(=O)NCC(=O)NC(F)(F)F. The number of aryl methyl sites for hydroxylation is 1. The topological polar surface area (TPSA) is 79.8 Å². The van der Waals surface area contributed by atoms with Crippen LogP contribution < -0.4 is 10.6 Å². The predicted molar refractivity (Wildman–Crippen MR) is 114 cm³/mol. The number of benzene rings is 2. The van der Waals surface area contributed by atoms with Crippen LogP contribution in [-0.2, 0) is 21.4 Å². The van der Waals surface area contributed by atoms with Gasteiger partial charge in [0.25, 0.3) is 12.3 Å². The number of amides is 2. The van der Waals surface area contributed by atoms with Crippen LogP contribution in [0, 0.1) is 12.7 Å². The zero-order chi connectivity index (χ0) is 28.6. The lowest BCUT2D eigenvalue weighted by Crippen LogP contribution is -2.43. The summed E-state index contributed by atoms with van der Waals surface area (Å²) >= 11 is 5.54. The van der Waals surface area contributed by atoms with Gasteiger partial charge in [-0.3, -0.25) is 14.9 Å². The van der Waals surface area contributed by atoms with Crippen molar-refractivity contribution in [3.63, 3.8) is 0 Å². The Bertz CT molecular complexity index is 1300. The molecule has 0 aromatic heterocycles. The second-order valence-electron chi connectivity index (χ2n) is 8.07. The standard InChI is InChI=1S/C22H15ClF9N3O3/c1-9-4-10(2-3-12(9)18(37)33-8-16(36)34-22(30,31)32)15-7-20(19(25)26,38-35-15)13-5-11(21(27,28)29)6-14(23)17(13)24/h2-6,19H,7-8H2,1H3,(H,33,37)(H,34,36). The molecule has 2 amide bonds. The first kappa shape index (κ1) is 29.1. The van der Waals surface area contributed by atoms with Crippen molar-refractivity contribution in [2.45, 2.75) is 37.8 Å². The Morgan fingerprint density at radius 3 is 2.34 bits per heavy atom. The van der Waals surface area contributed by atoms with Gasteiger partial charge in [-0.25, -0.2) is 13.2 Å². The van der Waals surface area contributed by atoms with Gasteiger partial charge in [0.1, 0.15) is 5.82 Å². The van der Waals surface area contributed by atoms with E-state index >= 15 is 0 Å². The minimum atomic E-state index is -5.03. The minimum absolute atomic E-state index is 0.0786. The van der Waals surface area contributed by atoms with Crippen LogP contribution in [0.5, 0.6) is 0 Å². The lowest BCUT2D eigenvalue weighted by Gasteiger charge is -2.27. The summed E-state index contributed by atoms with van der Waals surface area (Å²) in [6, 6.07) is 4.00. The molecule has 2 N–H and O–H groups in total. The molecule has 0 saturated carbocycles. The van der Waals surface area contributed by atoms with Crippen LogP contribution in [0.4, 0.5) is 39.5 Å². The molecule has 1 aliphatic heterocycles. The number of hydrogen-bond donors (Lipinski definition) is 2. The Kier molecular flexibility index (Phi) is 7.91. The zero-order valence-corrected chi connectivity index (χ0v) is 19.6. The van der Waals surface area contributed by atoms with E-state index in [9.17, 15) is 49.1 Å². The summed E-state index contributed by atoms with van der Waals surface area (Å²) in [7, 11) is 0. The molecule has 1 aliphatic rings. The monoisotopic (exact) mass is 575 g/mol. The third-order valence-electron chi connectivity index (χ3n) is 5.41. The van der Waals surface area contributed by atoms with Gasteiger partial charge in [-0.1, -0.05) is 22.8 Å². The number of carbonyl (C=O) groups excluding carboxylic acids is 2. The second kappa shape index (κ2) is 10.3. The fourth-order valence-corrected chi connectivity index (χ4v) is 3.82. The van der Waals surface area contributed by atoms with Crippen molar-refractivity contribution < 1.29 is 53.9 Å². The summed E-state index contributed by atoms with van der Waals surface area (Å²) in [5.41, 5.74) is -5.65. The van der Waals surface area contributed by atoms with Crippen molar-refractivity contribution in [1.29, 1.82) is 0 Å². The van der Waals surface area contributed by atoms with Crippen LogP contribution in [0.3, 0.4) is 0 Å². The predicted octanol–water partition coefficient (Wildman–Crippen LogP) is 5.46. The molecule has 206 valence electrons. The van der Waals surface area contributed by atoms with E-state index in [4.69, 9.17) is 16.4 Å². The van der Waals surface area contributed by atoms with Gasteiger partial charge >= 0.3 is 12.5 Å². The van der Waals surface area contributed by atoms with Gasteiger partial charge < -0.3 is 10.2 Å². The fraction of sp³-hybridized carbons (Fsp3) is 0.318. The molecule has 6 nitrogen and oxygen atoms in total. The molecule has 0 bridgehead atoms. The van der Waals surface area contributed by atoms with E-state index in [1.165, 1.54) is 19.1 Å². The molecule has 3 rings (SSSR count). The van der Waals surface area contributed by atoms with Gasteiger partial charge in [-0.15, -0.1) is 0 Å². The van der Waals surface area contributed by atoms with Crippen molar-refractivity contribution in [2.24, 2.45) is 5.16 Å². The average Bonchev–Trinajstić information content (AvgIpc) is 3.24. The van der Waals surface area contributed by atoms with Crippen LogP contribution in [0.25, 0.3) is 0 Å². The molecular formula is C22H15ClF9N3O3. The fourth-order valence-electron chi connectivity index (χ4n) is 3.60. The molecule has 0 spiro atoms. The molecule has 2 aromatic carbocycles. The van der Waals surface area contributed by atoms with Crippen LogP contribution in [0.2, 0.25) is 5.02 Å². The van der Waals surface area contributed by atoms with Crippen molar-refractivity contribution >= 4 is 29.1 Å². The molecule has 1 heterocycles. The van der Waals surface area contributed by atoms with E-state index < -0.39 is 71.2 Å². The average molecular weight is 576 g/mol. The van der Waals surface area contributed by atoms with Crippen molar-refractivity contribution in [1.82, 2.24) is 10.6 Å². The molecular weight excluding hydrogens is 561 g/mol. The van der Waals surface area contributed by atoms with E-state index in [0.29, 0.717) is 5.32 Å². The first-order chi connectivity index (χ1) is 17.4. The van der Waals surface area contributed by atoms with E-state index in [1.54, 1.807) is 0 Å². The molecule has 16 heteroatoms. The summed E-state index contributed by atoms with van der Waals surface area (Å²) in [5.74, 6) is -4.00. The first-order valence-corrected chi connectivity index (χ1v) is 10.7. The summed E-state index contributed by atoms with van der Waals surface area (Å²) in [6.07, 6.45) is -14.4. The van der Waals surface area contributed by atoms with E-state index in [0.717, 1.165) is 6.07 Å². The van der Waals surface area contributed by atoms with Gasteiger partial charge in [0.15, 0.2) is 0 Å². The number of nitrogens with one attached hydrogen (secondary N) is 2. The quantitative estimate of drug-likeness (QED) is 0.355. The van der Waals surface area contributed by atoms with E-state index in [2.05, 4.69) is 5.16 Å². The Morgan fingerprint density at radius 1 is 1.13 bits per heavy atom. The summed E-state index contributed by atoms with van der Waals surface area (Å²) in [4.78, 5) is 28.3. The first-order valence-electron chi connectivity index (χ1n) is 10.3. The maximum absolute atomic E-state index is 14.7. The van der Waals surface area contributed by atoms with Crippen LogP contribution >= 0.6 is 11.6 Å². The lowest BCUT2D eigenvalue weighted by atomic mass is 9.85. The van der Waals surface area contributed by atoms with Gasteiger partial charge in [0, 0.05) is 17.5 Å². The van der Waals surface area contributed by atoms with Gasteiger partial charge in [-0.2, -0.15) is 26.3 Å². The largest absolute Gasteiger partial charge is 0.484 e. The van der Waals surface area contributed by atoms with E-state index in [-0.39, 0.29) is 34.5 Å². The van der Waals surface area contributed by atoms with Crippen LogP contribution in [-0.4, -0.2) is 36.8 Å². The van der Waals surface area contributed by atoms with Crippen molar-refractivity contribution in [3.05, 3.63) is 69.0 Å². The highest BCUT2D eigenvalue weighted by Crippen LogP contribution is 2.46. The number of carbonyl (C=O) groups is 2. The maximum Gasteiger partial charge on any atom is 0.484 e. The lowest BCUT2D eigenvalue weighted by molar-refractivity contribution is -0.169. The number of oxime groups is 1. The summed E-state index contributed by atoms with van der Waals surface area (Å²) < 4.78 is 119. The van der Waals surface area contributed by atoms with Gasteiger partial charge in [0.05, 0.1) is 22.8 Å². The molecule has 38 heavy (non-hydrogen) atoms. The van der Waals surface area contributed by atoms with Crippen LogP contribution in [0.1, 0.15) is 39.0 Å². The Balaban J connectivity index is 1.85. The minimum Gasteiger partial charge on any atom is -0.377 e. The normalized spacial score (nSPS) is 17.7. The summed E-state index contributed by atoms with van der Waals surface area (Å²) in [5, 5.41) is 5.13. The Hall–Kier alpha value is -3.49. The van der Waals surface area contributed by atoms with Crippen LogP contribution in [0.15, 0.2) is 35.5 Å². The van der Waals surface area contributed by atoms with Gasteiger partial charge in [-0.05, 0) is 42.3 Å². The number of hydrogen-bond acceptors (Lipinski definition) is 4. The smallest absolute Gasteiger partial charge is 0.377 e. The second-order valence-corrected chi connectivity index (χ2v) is 8.48. The molecule has 1 unspecified atom stereocenters. The van der Waals surface area contributed by atoms with E-state index in [1.807, 2.05) is 5.32 Å². The molecule has 0 aliphatic carbocycles. The molecule has 1 atom stereocenters. The highest BCUT2D eigenvalue weighted by atomic mass is 35.5. The zero-order valence-electron chi connectivity index (χ0n) is 18.8. The highest BCUT2D eigenvalue weighted by molar-refractivity contribution is 6.30. The number of nitrogens with zero attached hydrogens (tertiary/aromatic N) is 1.